The van der Waals surface area contributed by atoms with E-state index in [2.05, 4.69) is 20.7 Å². The molecule has 2 atom stereocenters. The molecule has 1 aliphatic rings. The van der Waals surface area contributed by atoms with Gasteiger partial charge in [0.2, 0.25) is 5.91 Å². The summed E-state index contributed by atoms with van der Waals surface area (Å²) in [5.74, 6) is -0.142. The fourth-order valence-corrected chi connectivity index (χ4v) is 3.05. The minimum Gasteiger partial charge on any atom is -0.347 e. The van der Waals surface area contributed by atoms with Crippen LogP contribution < -0.4 is 10.6 Å². The average molecular weight is 327 g/mol. The molecule has 3 heterocycles. The van der Waals surface area contributed by atoms with Crippen molar-refractivity contribution in [3.8, 4) is 0 Å². The minimum atomic E-state index is -0.268. The van der Waals surface area contributed by atoms with Crippen LogP contribution in [0.3, 0.4) is 0 Å². The normalized spacial score (nSPS) is 20.5. The van der Waals surface area contributed by atoms with Crippen molar-refractivity contribution < 1.29 is 9.59 Å². The Labute approximate surface area is 140 Å². The number of carbonyl (C=O) groups is 2. The van der Waals surface area contributed by atoms with Gasteiger partial charge in [-0.15, -0.1) is 0 Å². The number of hydrogen-bond acceptors (Lipinski definition) is 4. The summed E-state index contributed by atoms with van der Waals surface area (Å²) >= 11 is 0. The van der Waals surface area contributed by atoms with E-state index in [0.29, 0.717) is 18.4 Å². The molecule has 2 N–H and O–H groups in total. The second-order valence-electron chi connectivity index (χ2n) is 6.00. The Morgan fingerprint density at radius 3 is 3.00 bits per heavy atom. The molecule has 1 fully saturated rings. The highest BCUT2D eigenvalue weighted by atomic mass is 16.2. The van der Waals surface area contributed by atoms with Crippen LogP contribution in [0.4, 0.5) is 0 Å². The summed E-state index contributed by atoms with van der Waals surface area (Å²) in [6, 6.07) is 1.29. The van der Waals surface area contributed by atoms with Gasteiger partial charge in [0.1, 0.15) is 0 Å². The van der Waals surface area contributed by atoms with Gasteiger partial charge in [0.05, 0.1) is 18.3 Å². The summed E-state index contributed by atoms with van der Waals surface area (Å²) < 4.78 is 1.69. The number of amides is 2. The molecule has 0 aromatic carbocycles. The molecule has 0 unspecified atom stereocenters. The van der Waals surface area contributed by atoms with Crippen LogP contribution in [-0.4, -0.2) is 32.6 Å². The van der Waals surface area contributed by atoms with Crippen molar-refractivity contribution >= 4 is 11.8 Å². The van der Waals surface area contributed by atoms with Crippen molar-refractivity contribution in [2.75, 3.05) is 0 Å². The van der Waals surface area contributed by atoms with Crippen LogP contribution in [0.15, 0.2) is 30.9 Å². The number of rotatable bonds is 4. The minimum absolute atomic E-state index is 0.00693. The summed E-state index contributed by atoms with van der Waals surface area (Å²) in [6.07, 6.45) is 8.66. The molecule has 3 rings (SSSR count). The standard InChI is InChI=1S/C17H21N5O2/c1-3-11-8-18-7-6-13(11)17(24)20-14-4-5-15(23)21-16(14)12-9-19-22(2)10-12/h6-10,14,16H,3-5H2,1-2H3,(H,20,24)(H,21,23)/t14-,16+/m1/s1. The molecule has 0 spiro atoms. The topological polar surface area (TPSA) is 88.9 Å². The molecular weight excluding hydrogens is 306 g/mol. The highest BCUT2D eigenvalue weighted by Gasteiger charge is 2.32. The fraction of sp³-hybridized carbons (Fsp3) is 0.412. The van der Waals surface area contributed by atoms with Crippen LogP contribution in [0.5, 0.6) is 0 Å². The largest absolute Gasteiger partial charge is 0.347 e. The molecule has 2 aromatic rings. The van der Waals surface area contributed by atoms with Crippen LogP contribution in [0.25, 0.3) is 0 Å². The van der Waals surface area contributed by atoms with E-state index in [4.69, 9.17) is 0 Å². The predicted octanol–water partition coefficient (Wildman–Crippen LogP) is 1.13. The van der Waals surface area contributed by atoms with E-state index in [9.17, 15) is 9.59 Å². The van der Waals surface area contributed by atoms with Crippen LogP contribution >= 0.6 is 0 Å². The number of hydrogen-bond donors (Lipinski definition) is 2. The number of nitrogens with zero attached hydrogens (tertiary/aromatic N) is 3. The van der Waals surface area contributed by atoms with Crippen molar-refractivity contribution in [1.29, 1.82) is 0 Å². The smallest absolute Gasteiger partial charge is 0.251 e. The molecule has 1 aliphatic heterocycles. The zero-order chi connectivity index (χ0) is 17.1. The van der Waals surface area contributed by atoms with Gasteiger partial charge in [-0.2, -0.15) is 5.10 Å². The van der Waals surface area contributed by atoms with Crippen LogP contribution in [-0.2, 0) is 18.3 Å². The maximum atomic E-state index is 12.7. The number of carbonyl (C=O) groups excluding carboxylic acids is 2. The fourth-order valence-electron chi connectivity index (χ4n) is 3.05. The lowest BCUT2D eigenvalue weighted by Crippen LogP contribution is -2.50. The average Bonchev–Trinajstić information content (AvgIpc) is 3.02. The molecule has 126 valence electrons. The summed E-state index contributed by atoms with van der Waals surface area (Å²) in [4.78, 5) is 28.6. The quantitative estimate of drug-likeness (QED) is 0.881. The molecule has 7 nitrogen and oxygen atoms in total. The predicted molar refractivity (Wildman–Crippen MR) is 88.2 cm³/mol. The van der Waals surface area contributed by atoms with Gasteiger partial charge in [-0.1, -0.05) is 6.92 Å². The first-order valence-electron chi connectivity index (χ1n) is 8.10. The van der Waals surface area contributed by atoms with Crippen molar-refractivity contribution in [1.82, 2.24) is 25.4 Å². The van der Waals surface area contributed by atoms with E-state index in [0.717, 1.165) is 17.5 Å². The van der Waals surface area contributed by atoms with E-state index < -0.39 is 0 Å². The number of aromatic nitrogens is 3. The Bertz CT molecular complexity index is 755. The lowest BCUT2D eigenvalue weighted by atomic mass is 9.93. The van der Waals surface area contributed by atoms with Crippen LogP contribution in [0, 0.1) is 0 Å². The van der Waals surface area contributed by atoms with Gasteiger partial charge in [-0.25, -0.2) is 0 Å². The molecule has 0 aliphatic carbocycles. The Morgan fingerprint density at radius 1 is 1.46 bits per heavy atom. The number of nitrogens with one attached hydrogen (secondary N) is 2. The lowest BCUT2D eigenvalue weighted by molar-refractivity contribution is -0.123. The summed E-state index contributed by atoms with van der Waals surface area (Å²) in [5, 5.41) is 10.2. The zero-order valence-corrected chi connectivity index (χ0v) is 13.8. The number of aryl methyl sites for hydroxylation is 2. The highest BCUT2D eigenvalue weighted by molar-refractivity contribution is 5.96. The Morgan fingerprint density at radius 2 is 2.29 bits per heavy atom. The molecule has 2 amide bonds. The van der Waals surface area contributed by atoms with Crippen molar-refractivity contribution in [2.45, 2.75) is 38.3 Å². The molecule has 7 heteroatoms. The monoisotopic (exact) mass is 327 g/mol. The van der Waals surface area contributed by atoms with Gasteiger partial charge in [-0.3, -0.25) is 19.3 Å². The molecular formula is C17H21N5O2. The number of piperidine rings is 1. The Balaban J connectivity index is 1.81. The van der Waals surface area contributed by atoms with Gasteiger partial charge in [0.25, 0.3) is 5.91 Å². The van der Waals surface area contributed by atoms with Gasteiger partial charge < -0.3 is 10.6 Å². The van der Waals surface area contributed by atoms with Crippen molar-refractivity contribution in [3.63, 3.8) is 0 Å². The van der Waals surface area contributed by atoms with Crippen LogP contribution in [0.2, 0.25) is 0 Å². The number of pyridine rings is 1. The highest BCUT2D eigenvalue weighted by Crippen LogP contribution is 2.24. The van der Waals surface area contributed by atoms with Gasteiger partial charge in [0.15, 0.2) is 0 Å². The first kappa shape index (κ1) is 16.2. The van der Waals surface area contributed by atoms with E-state index >= 15 is 0 Å². The second-order valence-corrected chi connectivity index (χ2v) is 6.00. The van der Waals surface area contributed by atoms with E-state index in [1.54, 1.807) is 29.3 Å². The first-order chi connectivity index (χ1) is 11.6. The van der Waals surface area contributed by atoms with Gasteiger partial charge >= 0.3 is 0 Å². The second kappa shape index (κ2) is 6.82. The summed E-state index contributed by atoms with van der Waals surface area (Å²) in [6.45, 7) is 1.99. The Hall–Kier alpha value is -2.70. The molecule has 24 heavy (non-hydrogen) atoms. The SMILES string of the molecule is CCc1cnccc1C(=O)N[C@@H]1CCC(=O)N[C@H]1c1cnn(C)c1. The zero-order valence-electron chi connectivity index (χ0n) is 13.8. The summed E-state index contributed by atoms with van der Waals surface area (Å²) in [7, 11) is 1.83. The van der Waals surface area contributed by atoms with Gasteiger partial charge in [0, 0.05) is 43.2 Å². The van der Waals surface area contributed by atoms with E-state index in [1.165, 1.54) is 0 Å². The lowest BCUT2D eigenvalue weighted by Gasteiger charge is -2.32. The molecule has 1 saturated heterocycles. The molecule has 0 radical (unpaired) electrons. The maximum Gasteiger partial charge on any atom is 0.251 e. The third-order valence-electron chi connectivity index (χ3n) is 4.33. The summed E-state index contributed by atoms with van der Waals surface area (Å²) in [5.41, 5.74) is 2.43. The van der Waals surface area contributed by atoms with Gasteiger partial charge in [-0.05, 0) is 24.5 Å². The Kier molecular flexibility index (Phi) is 4.59. The third-order valence-corrected chi connectivity index (χ3v) is 4.33. The molecule has 2 aromatic heterocycles. The van der Waals surface area contributed by atoms with Crippen molar-refractivity contribution in [3.05, 3.63) is 47.5 Å². The van der Waals surface area contributed by atoms with E-state index in [-0.39, 0.29) is 23.9 Å². The van der Waals surface area contributed by atoms with Crippen LogP contribution in [0.1, 0.15) is 47.3 Å². The first-order valence-corrected chi connectivity index (χ1v) is 8.10. The van der Waals surface area contributed by atoms with E-state index in [1.807, 2.05) is 20.2 Å². The molecule has 0 saturated carbocycles. The third kappa shape index (κ3) is 3.29. The maximum absolute atomic E-state index is 12.7. The molecule has 0 bridgehead atoms. The van der Waals surface area contributed by atoms with Crippen molar-refractivity contribution in [2.24, 2.45) is 7.05 Å².